The van der Waals surface area contributed by atoms with Crippen LogP contribution in [-0.4, -0.2) is 30.6 Å². The summed E-state index contributed by atoms with van der Waals surface area (Å²) in [5, 5.41) is 0. The van der Waals surface area contributed by atoms with E-state index in [-0.39, 0.29) is 17.7 Å². The monoisotopic (exact) mass is 409 g/mol. The first-order chi connectivity index (χ1) is 12.0. The molecule has 0 aliphatic heterocycles. The number of hydrogen-bond donors (Lipinski definition) is 2. The van der Waals surface area contributed by atoms with Crippen LogP contribution in [0.25, 0.3) is 0 Å². The number of halogens is 1. The number of carbonyl (C=O) groups is 2. The molecule has 0 fully saturated rings. The van der Waals surface area contributed by atoms with Gasteiger partial charge in [-0.1, -0.05) is 6.07 Å². The highest BCUT2D eigenvalue weighted by Crippen LogP contribution is 2.35. The van der Waals surface area contributed by atoms with Crippen LogP contribution in [0.15, 0.2) is 45.8 Å². The number of nitrogens with one attached hydrogen (secondary N) is 2. The Hall–Kier alpha value is -2.81. The van der Waals surface area contributed by atoms with Crippen molar-refractivity contribution in [3.63, 3.8) is 0 Å². The maximum Gasteiger partial charge on any atom is 0.269 e. The summed E-state index contributed by atoms with van der Waals surface area (Å²) < 4.78 is 12.1. The zero-order chi connectivity index (χ0) is 18.4. The molecular formula is C16H16BrN3O5. The number of methoxy groups -OCH3 is 2. The molecule has 2 rings (SSSR count). The number of hydrogen-bond acceptors (Lipinski definition) is 5. The van der Waals surface area contributed by atoms with E-state index >= 15 is 0 Å². The molecule has 0 radical (unpaired) electrons. The summed E-state index contributed by atoms with van der Waals surface area (Å²) in [7, 11) is 2.92. The zero-order valence-electron chi connectivity index (χ0n) is 13.5. The van der Waals surface area contributed by atoms with E-state index in [1.807, 2.05) is 0 Å². The van der Waals surface area contributed by atoms with Crippen LogP contribution in [0.5, 0.6) is 11.5 Å². The Bertz CT molecular complexity index is 825. The molecule has 1 aromatic carbocycles. The summed E-state index contributed by atoms with van der Waals surface area (Å²) in [6.07, 6.45) is 1.48. The number of aromatic nitrogens is 1. The topological polar surface area (TPSA) is 98.7 Å². The van der Waals surface area contributed by atoms with E-state index in [1.54, 1.807) is 12.1 Å². The predicted molar refractivity (Wildman–Crippen MR) is 93.6 cm³/mol. The quantitative estimate of drug-likeness (QED) is 0.720. The lowest BCUT2D eigenvalue weighted by Gasteiger charge is -2.12. The molecule has 0 aliphatic rings. The number of carbonyl (C=O) groups excluding carboxylic acids is 2. The Morgan fingerprint density at radius 3 is 2.32 bits per heavy atom. The van der Waals surface area contributed by atoms with Crippen LogP contribution < -0.4 is 25.9 Å². The smallest absolute Gasteiger partial charge is 0.269 e. The summed E-state index contributed by atoms with van der Waals surface area (Å²) in [6.45, 7) is -0.215. The van der Waals surface area contributed by atoms with E-state index in [0.717, 1.165) is 0 Å². The standard InChI is InChI=1S/C16H16BrN3O5/c1-24-11-7-10(8-12(25-2)15(11)17)16(23)19-18-13(21)9-20-6-4-3-5-14(20)22/h3-8H,9H2,1-2H3,(H,18,21)(H,19,23). The van der Waals surface area contributed by atoms with Crippen molar-refractivity contribution in [2.75, 3.05) is 14.2 Å². The van der Waals surface area contributed by atoms with Gasteiger partial charge < -0.3 is 14.0 Å². The molecule has 8 nitrogen and oxygen atoms in total. The molecule has 1 heterocycles. The fourth-order valence-corrected chi connectivity index (χ4v) is 2.54. The van der Waals surface area contributed by atoms with Gasteiger partial charge in [-0.15, -0.1) is 0 Å². The average molecular weight is 410 g/mol. The number of nitrogens with zero attached hydrogens (tertiary/aromatic N) is 1. The lowest BCUT2D eigenvalue weighted by Crippen LogP contribution is -2.44. The van der Waals surface area contributed by atoms with E-state index in [0.29, 0.717) is 16.0 Å². The molecule has 2 N–H and O–H groups in total. The van der Waals surface area contributed by atoms with E-state index in [9.17, 15) is 14.4 Å². The third kappa shape index (κ3) is 4.60. The first-order valence-electron chi connectivity index (χ1n) is 7.12. The van der Waals surface area contributed by atoms with E-state index in [2.05, 4.69) is 26.8 Å². The van der Waals surface area contributed by atoms with Crippen molar-refractivity contribution in [3.05, 3.63) is 56.9 Å². The van der Waals surface area contributed by atoms with Crippen LogP contribution in [0, 0.1) is 0 Å². The number of ether oxygens (including phenoxy) is 2. The first-order valence-corrected chi connectivity index (χ1v) is 7.91. The molecule has 2 amide bonds. The van der Waals surface area contributed by atoms with Gasteiger partial charge in [-0.05, 0) is 34.1 Å². The van der Waals surface area contributed by atoms with Crippen molar-refractivity contribution in [2.24, 2.45) is 0 Å². The van der Waals surface area contributed by atoms with Crippen LogP contribution >= 0.6 is 15.9 Å². The van der Waals surface area contributed by atoms with Gasteiger partial charge in [0.25, 0.3) is 17.4 Å². The van der Waals surface area contributed by atoms with Crippen LogP contribution in [0.1, 0.15) is 10.4 Å². The summed E-state index contributed by atoms with van der Waals surface area (Å²) in [5.74, 6) is -0.283. The van der Waals surface area contributed by atoms with Crippen molar-refractivity contribution in [2.45, 2.75) is 6.54 Å². The third-order valence-electron chi connectivity index (χ3n) is 3.24. The van der Waals surface area contributed by atoms with Gasteiger partial charge in [-0.2, -0.15) is 0 Å². The highest BCUT2D eigenvalue weighted by molar-refractivity contribution is 9.10. The summed E-state index contributed by atoms with van der Waals surface area (Å²) >= 11 is 3.31. The highest BCUT2D eigenvalue weighted by Gasteiger charge is 2.15. The van der Waals surface area contributed by atoms with Crippen LogP contribution in [0.4, 0.5) is 0 Å². The molecule has 0 spiro atoms. The highest BCUT2D eigenvalue weighted by atomic mass is 79.9. The van der Waals surface area contributed by atoms with Gasteiger partial charge in [0.05, 0.1) is 14.2 Å². The molecule has 0 unspecified atom stereocenters. The van der Waals surface area contributed by atoms with E-state index in [4.69, 9.17) is 9.47 Å². The fourth-order valence-electron chi connectivity index (χ4n) is 1.98. The lowest BCUT2D eigenvalue weighted by atomic mass is 10.2. The van der Waals surface area contributed by atoms with Crippen molar-refractivity contribution < 1.29 is 19.1 Å². The van der Waals surface area contributed by atoms with E-state index < -0.39 is 11.8 Å². The second kappa shape index (κ2) is 8.34. The minimum Gasteiger partial charge on any atom is -0.495 e. The SMILES string of the molecule is COc1cc(C(=O)NNC(=O)Cn2ccccc2=O)cc(OC)c1Br. The fraction of sp³-hybridized carbons (Fsp3) is 0.188. The van der Waals surface area contributed by atoms with Crippen molar-refractivity contribution in [1.82, 2.24) is 15.4 Å². The number of pyridine rings is 1. The molecule has 0 atom stereocenters. The number of amides is 2. The van der Waals surface area contributed by atoms with Gasteiger partial charge in [0.1, 0.15) is 22.5 Å². The molecule has 132 valence electrons. The van der Waals surface area contributed by atoms with E-state index in [1.165, 1.54) is 43.2 Å². The first kappa shape index (κ1) is 18.5. The maximum absolute atomic E-state index is 12.2. The van der Waals surface area contributed by atoms with Crippen LogP contribution in [0.2, 0.25) is 0 Å². The molecule has 0 aliphatic carbocycles. The van der Waals surface area contributed by atoms with Gasteiger partial charge in [0.2, 0.25) is 0 Å². The Morgan fingerprint density at radius 1 is 1.12 bits per heavy atom. The molecular weight excluding hydrogens is 394 g/mol. The molecule has 9 heteroatoms. The molecule has 0 saturated carbocycles. The summed E-state index contributed by atoms with van der Waals surface area (Å²) in [6, 6.07) is 7.54. The molecule has 0 bridgehead atoms. The largest absolute Gasteiger partial charge is 0.495 e. The molecule has 0 saturated heterocycles. The zero-order valence-corrected chi connectivity index (χ0v) is 15.1. The average Bonchev–Trinajstić information content (AvgIpc) is 2.61. The minimum atomic E-state index is -0.558. The van der Waals surface area contributed by atoms with Crippen LogP contribution in [0.3, 0.4) is 0 Å². The van der Waals surface area contributed by atoms with Gasteiger partial charge in [0, 0.05) is 17.8 Å². The molecule has 1 aromatic heterocycles. The number of hydrazine groups is 1. The maximum atomic E-state index is 12.2. The third-order valence-corrected chi connectivity index (χ3v) is 4.02. The number of rotatable bonds is 5. The Morgan fingerprint density at radius 2 is 1.76 bits per heavy atom. The molecule has 2 aromatic rings. The van der Waals surface area contributed by atoms with Gasteiger partial charge in [-0.25, -0.2) is 0 Å². The number of benzene rings is 1. The molecule has 25 heavy (non-hydrogen) atoms. The lowest BCUT2D eigenvalue weighted by molar-refractivity contribution is -0.122. The Balaban J connectivity index is 2.04. The summed E-state index contributed by atoms with van der Waals surface area (Å²) in [4.78, 5) is 35.6. The van der Waals surface area contributed by atoms with Crippen LogP contribution in [-0.2, 0) is 11.3 Å². The summed E-state index contributed by atoms with van der Waals surface area (Å²) in [5.41, 5.74) is 4.45. The van der Waals surface area contributed by atoms with Gasteiger partial charge in [-0.3, -0.25) is 25.2 Å². The normalized spacial score (nSPS) is 10.0. The predicted octanol–water partition coefficient (Wildman–Crippen LogP) is 1.09. The van der Waals surface area contributed by atoms with Crippen molar-refractivity contribution in [3.8, 4) is 11.5 Å². The Labute approximate surface area is 151 Å². The Kier molecular flexibility index (Phi) is 6.18. The van der Waals surface area contributed by atoms with Crippen molar-refractivity contribution >= 4 is 27.7 Å². The van der Waals surface area contributed by atoms with Gasteiger partial charge >= 0.3 is 0 Å². The second-order valence-electron chi connectivity index (χ2n) is 4.86. The van der Waals surface area contributed by atoms with Crippen molar-refractivity contribution in [1.29, 1.82) is 0 Å². The van der Waals surface area contributed by atoms with Gasteiger partial charge in [0.15, 0.2) is 0 Å². The second-order valence-corrected chi connectivity index (χ2v) is 5.66. The minimum absolute atomic E-state index is 0.215.